The summed E-state index contributed by atoms with van der Waals surface area (Å²) in [6.45, 7) is 10.3. The molecule has 0 saturated heterocycles. The summed E-state index contributed by atoms with van der Waals surface area (Å²) < 4.78 is 18.2. The molecule has 2 rings (SSSR count). The Morgan fingerprint density at radius 3 is 2.33 bits per heavy atom. The Morgan fingerprint density at radius 2 is 1.67 bits per heavy atom. The van der Waals surface area contributed by atoms with E-state index >= 15 is 0 Å². The number of nitrogens with one attached hydrogen (secondary N) is 1. The molecule has 1 aromatic carbocycles. The van der Waals surface area contributed by atoms with Gasteiger partial charge in [0.1, 0.15) is 5.76 Å². The van der Waals surface area contributed by atoms with Crippen LogP contribution < -0.4 is 5.32 Å². The van der Waals surface area contributed by atoms with Crippen molar-refractivity contribution in [2.75, 3.05) is 26.2 Å². The molecule has 0 fully saturated rings. The van der Waals surface area contributed by atoms with E-state index in [-0.39, 0.29) is 17.4 Å². The fourth-order valence-corrected chi connectivity index (χ4v) is 4.51. The second kappa shape index (κ2) is 13.4. The third-order valence-corrected chi connectivity index (χ3v) is 6.59. The predicted molar refractivity (Wildman–Crippen MR) is 123 cm³/mol. The second-order valence-electron chi connectivity index (χ2n) is 7.68. The van der Waals surface area contributed by atoms with Gasteiger partial charge in [-0.3, -0.25) is 9.00 Å². The Morgan fingerprint density at radius 1 is 1.00 bits per heavy atom. The van der Waals surface area contributed by atoms with Gasteiger partial charge < -0.3 is 14.6 Å². The molecule has 1 aromatic heterocycles. The highest BCUT2D eigenvalue weighted by molar-refractivity contribution is 7.84. The first-order valence-corrected chi connectivity index (χ1v) is 12.4. The molecule has 1 heterocycles. The Labute approximate surface area is 183 Å². The monoisotopic (exact) mass is 432 g/mol. The lowest BCUT2D eigenvalue weighted by atomic mass is 10.2. The molecule has 0 aliphatic rings. The van der Waals surface area contributed by atoms with Crippen LogP contribution in [-0.2, 0) is 16.6 Å². The largest absolute Gasteiger partial charge is 0.455 e. The van der Waals surface area contributed by atoms with Gasteiger partial charge in [0, 0.05) is 11.4 Å². The molecule has 30 heavy (non-hydrogen) atoms. The van der Waals surface area contributed by atoms with Gasteiger partial charge in [0.05, 0.1) is 16.6 Å². The van der Waals surface area contributed by atoms with Gasteiger partial charge in [-0.05, 0) is 69.6 Å². The van der Waals surface area contributed by atoms with E-state index in [1.54, 1.807) is 12.1 Å². The SMILES string of the molecule is CCCCN(CCCC)CCCNC(=O)c1ccc(C[S@@](=O)c2ccccc2C)o1. The molecule has 0 spiro atoms. The molecular formula is C24H36N2O3S. The van der Waals surface area contributed by atoms with E-state index in [9.17, 15) is 9.00 Å². The van der Waals surface area contributed by atoms with E-state index in [2.05, 4.69) is 24.1 Å². The molecule has 1 atom stereocenters. The summed E-state index contributed by atoms with van der Waals surface area (Å²) in [5.74, 6) is 0.895. The van der Waals surface area contributed by atoms with Crippen LogP contribution in [0.25, 0.3) is 0 Å². The molecule has 0 bridgehead atoms. The normalized spacial score (nSPS) is 12.3. The second-order valence-corrected chi connectivity index (χ2v) is 9.10. The molecule has 2 aromatic rings. The minimum Gasteiger partial charge on any atom is -0.455 e. The minimum atomic E-state index is -1.19. The van der Waals surface area contributed by atoms with Crippen molar-refractivity contribution in [3.05, 3.63) is 53.5 Å². The highest BCUT2D eigenvalue weighted by Gasteiger charge is 2.14. The fraction of sp³-hybridized carbons (Fsp3) is 0.542. The van der Waals surface area contributed by atoms with E-state index in [1.165, 1.54) is 25.7 Å². The lowest BCUT2D eigenvalue weighted by molar-refractivity contribution is 0.0922. The number of benzene rings is 1. The number of hydrogen-bond donors (Lipinski definition) is 1. The van der Waals surface area contributed by atoms with E-state index < -0.39 is 10.8 Å². The molecule has 5 nitrogen and oxygen atoms in total. The zero-order valence-electron chi connectivity index (χ0n) is 18.6. The number of furan rings is 1. The maximum absolute atomic E-state index is 12.6. The summed E-state index contributed by atoms with van der Waals surface area (Å²) in [5.41, 5.74) is 0.993. The zero-order valence-corrected chi connectivity index (χ0v) is 19.4. The third kappa shape index (κ3) is 8.07. The molecule has 1 N–H and O–H groups in total. The number of aryl methyl sites for hydroxylation is 1. The average Bonchev–Trinajstić information content (AvgIpc) is 3.21. The summed E-state index contributed by atoms with van der Waals surface area (Å²) in [6.07, 6.45) is 5.76. The van der Waals surface area contributed by atoms with Gasteiger partial charge in [-0.2, -0.15) is 0 Å². The van der Waals surface area contributed by atoms with Crippen molar-refractivity contribution in [3.63, 3.8) is 0 Å². The van der Waals surface area contributed by atoms with Gasteiger partial charge >= 0.3 is 0 Å². The maximum Gasteiger partial charge on any atom is 0.286 e. The molecule has 0 radical (unpaired) electrons. The van der Waals surface area contributed by atoms with E-state index in [1.807, 2.05) is 31.2 Å². The Balaban J connectivity index is 1.78. The van der Waals surface area contributed by atoms with E-state index in [0.29, 0.717) is 12.3 Å². The average molecular weight is 433 g/mol. The summed E-state index contributed by atoms with van der Waals surface area (Å²) in [4.78, 5) is 15.7. The highest BCUT2D eigenvalue weighted by Crippen LogP contribution is 2.18. The first-order valence-electron chi connectivity index (χ1n) is 11.1. The number of amides is 1. The standard InChI is InChI=1S/C24H36N2O3S/c1-4-6-16-26(17-7-5-2)18-10-15-25-24(27)22-14-13-21(29-22)19-30(28)23-12-9-8-11-20(23)3/h8-9,11-14H,4-7,10,15-19H2,1-3H3,(H,25,27)/t30-/m1/s1. The van der Waals surface area contributed by atoms with Crippen molar-refractivity contribution in [3.8, 4) is 0 Å². The topological polar surface area (TPSA) is 62.6 Å². The van der Waals surface area contributed by atoms with Gasteiger partial charge in [0.25, 0.3) is 5.91 Å². The number of unbranched alkanes of at least 4 members (excludes halogenated alkanes) is 2. The molecular weight excluding hydrogens is 396 g/mol. The number of hydrogen-bond acceptors (Lipinski definition) is 4. The first kappa shape index (κ1) is 24.4. The zero-order chi connectivity index (χ0) is 21.8. The molecule has 1 amide bonds. The summed E-state index contributed by atoms with van der Waals surface area (Å²) in [5, 5.41) is 2.94. The fourth-order valence-electron chi connectivity index (χ4n) is 3.29. The number of rotatable bonds is 14. The van der Waals surface area contributed by atoms with Crippen molar-refractivity contribution in [2.45, 2.75) is 63.5 Å². The first-order chi connectivity index (χ1) is 14.5. The van der Waals surface area contributed by atoms with Crippen LogP contribution >= 0.6 is 0 Å². The predicted octanol–water partition coefficient (Wildman–Crippen LogP) is 4.92. The Kier molecular flexibility index (Phi) is 10.9. The van der Waals surface area contributed by atoms with E-state index in [4.69, 9.17) is 4.42 Å². The van der Waals surface area contributed by atoms with Crippen LogP contribution in [0.3, 0.4) is 0 Å². The number of carbonyl (C=O) groups is 1. The number of carbonyl (C=O) groups excluding carboxylic acids is 1. The van der Waals surface area contributed by atoms with Crippen LogP contribution in [0.1, 0.15) is 67.8 Å². The van der Waals surface area contributed by atoms with Crippen LogP contribution in [0.5, 0.6) is 0 Å². The van der Waals surface area contributed by atoms with Gasteiger partial charge in [-0.1, -0.05) is 44.9 Å². The van der Waals surface area contributed by atoms with Crippen molar-refractivity contribution in [1.29, 1.82) is 0 Å². The number of nitrogens with zero attached hydrogens (tertiary/aromatic N) is 1. The summed E-state index contributed by atoms with van der Waals surface area (Å²) in [7, 11) is -1.19. The smallest absolute Gasteiger partial charge is 0.286 e. The van der Waals surface area contributed by atoms with Crippen molar-refractivity contribution in [2.24, 2.45) is 0 Å². The van der Waals surface area contributed by atoms with Crippen LogP contribution in [0.4, 0.5) is 0 Å². The van der Waals surface area contributed by atoms with Gasteiger partial charge in [0.2, 0.25) is 0 Å². The molecule has 6 heteroatoms. The molecule has 0 aliphatic carbocycles. The Bertz CT molecular complexity index is 795. The molecule has 0 saturated carbocycles. The molecule has 0 unspecified atom stereocenters. The van der Waals surface area contributed by atoms with Gasteiger partial charge in [-0.25, -0.2) is 0 Å². The van der Waals surface area contributed by atoms with Crippen molar-refractivity contribution in [1.82, 2.24) is 10.2 Å². The van der Waals surface area contributed by atoms with Crippen molar-refractivity contribution < 1.29 is 13.4 Å². The lowest BCUT2D eigenvalue weighted by Crippen LogP contribution is -2.31. The van der Waals surface area contributed by atoms with Crippen LogP contribution in [0, 0.1) is 6.92 Å². The quantitative estimate of drug-likeness (QED) is 0.431. The van der Waals surface area contributed by atoms with Crippen LogP contribution in [0.15, 0.2) is 45.7 Å². The van der Waals surface area contributed by atoms with E-state index in [0.717, 1.165) is 36.5 Å². The maximum atomic E-state index is 12.6. The third-order valence-electron chi connectivity index (χ3n) is 5.09. The highest BCUT2D eigenvalue weighted by atomic mass is 32.2. The minimum absolute atomic E-state index is 0.211. The Hall–Kier alpha value is -1.92. The molecule has 0 aliphatic heterocycles. The van der Waals surface area contributed by atoms with Crippen LogP contribution in [0.2, 0.25) is 0 Å². The van der Waals surface area contributed by atoms with Crippen molar-refractivity contribution >= 4 is 16.7 Å². The molecule has 166 valence electrons. The summed E-state index contributed by atoms with van der Waals surface area (Å²) in [6, 6.07) is 11.0. The van der Waals surface area contributed by atoms with Gasteiger partial charge in [-0.15, -0.1) is 0 Å². The van der Waals surface area contributed by atoms with Crippen LogP contribution in [-0.4, -0.2) is 41.2 Å². The summed E-state index contributed by atoms with van der Waals surface area (Å²) >= 11 is 0. The van der Waals surface area contributed by atoms with Gasteiger partial charge in [0.15, 0.2) is 5.76 Å². The lowest BCUT2D eigenvalue weighted by Gasteiger charge is -2.21.